The first kappa shape index (κ1) is 17.5. The van der Waals surface area contributed by atoms with Crippen molar-refractivity contribution in [2.24, 2.45) is 0 Å². The Morgan fingerprint density at radius 2 is 2.19 bits per heavy atom. The molecule has 2 aromatic heterocycles. The summed E-state index contributed by atoms with van der Waals surface area (Å²) in [5, 5.41) is 14.5. The minimum Gasteiger partial charge on any atom is -0.473 e. The Labute approximate surface area is 160 Å². The monoisotopic (exact) mass is 382 g/mol. The van der Waals surface area contributed by atoms with E-state index in [1.807, 2.05) is 42.1 Å². The van der Waals surface area contributed by atoms with E-state index in [2.05, 4.69) is 25.8 Å². The number of carbonyl (C=O) groups is 1. The van der Waals surface area contributed by atoms with E-state index in [9.17, 15) is 4.79 Å². The van der Waals surface area contributed by atoms with Crippen LogP contribution in [0.1, 0.15) is 22.6 Å². The van der Waals surface area contributed by atoms with Gasteiger partial charge in [0.15, 0.2) is 5.82 Å². The van der Waals surface area contributed by atoms with Gasteiger partial charge in [0.05, 0.1) is 12.2 Å². The maximum atomic E-state index is 12.5. The van der Waals surface area contributed by atoms with E-state index in [-0.39, 0.29) is 18.6 Å². The van der Waals surface area contributed by atoms with Gasteiger partial charge in [-0.1, -0.05) is 18.2 Å². The predicted molar refractivity (Wildman–Crippen MR) is 101 cm³/mol. The lowest BCUT2D eigenvalue weighted by atomic mass is 10.2. The van der Waals surface area contributed by atoms with Gasteiger partial charge in [-0.2, -0.15) is 16.4 Å². The molecule has 3 aromatic rings. The molecule has 1 amide bonds. The predicted octanol–water partition coefficient (Wildman–Crippen LogP) is 1.87. The Hall–Kier alpha value is -2.94. The lowest BCUT2D eigenvalue weighted by Gasteiger charge is -2.12. The Bertz CT molecular complexity index is 911. The third-order valence-corrected chi connectivity index (χ3v) is 5.25. The number of hydrogen-bond acceptors (Lipinski definition) is 7. The standard InChI is InChI=1S/C18H18N6O2S/c25-18(13-6-8-19-17(10-13)26-15-7-9-27-12-15)20-11-16-21-22-23-24(16)14-4-2-1-3-5-14/h1-6,8,10,15H,7,9,11-12H2,(H,20,25)/t15-/m1/s1. The van der Waals surface area contributed by atoms with Crippen molar-refractivity contribution in [3.8, 4) is 11.6 Å². The molecule has 0 unspecified atom stereocenters. The first-order valence-electron chi connectivity index (χ1n) is 8.61. The molecule has 1 saturated heterocycles. The molecule has 0 bridgehead atoms. The summed E-state index contributed by atoms with van der Waals surface area (Å²) >= 11 is 1.86. The van der Waals surface area contributed by atoms with E-state index >= 15 is 0 Å². The number of thioether (sulfide) groups is 1. The minimum atomic E-state index is -0.231. The summed E-state index contributed by atoms with van der Waals surface area (Å²) in [5.74, 6) is 2.85. The minimum absolute atomic E-state index is 0.163. The van der Waals surface area contributed by atoms with E-state index < -0.39 is 0 Å². The molecule has 9 heteroatoms. The second-order valence-electron chi connectivity index (χ2n) is 6.01. The van der Waals surface area contributed by atoms with Crippen molar-refractivity contribution in [1.82, 2.24) is 30.5 Å². The number of aromatic nitrogens is 5. The molecule has 1 N–H and O–H groups in total. The Kier molecular flexibility index (Phi) is 5.29. The number of para-hydroxylation sites is 1. The summed E-state index contributed by atoms with van der Waals surface area (Å²) in [6.07, 6.45) is 2.75. The van der Waals surface area contributed by atoms with Crippen LogP contribution in [0.5, 0.6) is 5.88 Å². The number of hydrogen-bond donors (Lipinski definition) is 1. The average molecular weight is 382 g/mol. The van der Waals surface area contributed by atoms with Crippen LogP contribution in [-0.2, 0) is 6.54 Å². The zero-order valence-electron chi connectivity index (χ0n) is 14.5. The number of nitrogens with zero attached hydrogens (tertiary/aromatic N) is 5. The number of rotatable bonds is 6. The van der Waals surface area contributed by atoms with Crippen molar-refractivity contribution < 1.29 is 9.53 Å². The molecule has 0 aliphatic carbocycles. The third-order valence-electron chi connectivity index (χ3n) is 4.11. The lowest BCUT2D eigenvalue weighted by Crippen LogP contribution is -2.25. The van der Waals surface area contributed by atoms with Crippen LogP contribution >= 0.6 is 11.8 Å². The summed E-state index contributed by atoms with van der Waals surface area (Å²) in [6, 6.07) is 12.8. The Morgan fingerprint density at radius 3 is 3.00 bits per heavy atom. The van der Waals surface area contributed by atoms with Gasteiger partial charge in [0.25, 0.3) is 5.91 Å². The van der Waals surface area contributed by atoms with Gasteiger partial charge >= 0.3 is 0 Å². The highest BCUT2D eigenvalue weighted by Crippen LogP contribution is 2.22. The number of amides is 1. The van der Waals surface area contributed by atoms with Crippen LogP contribution in [0.25, 0.3) is 5.69 Å². The molecule has 1 aliphatic heterocycles. The molecule has 1 fully saturated rings. The van der Waals surface area contributed by atoms with E-state index in [0.29, 0.717) is 17.3 Å². The van der Waals surface area contributed by atoms with E-state index in [1.165, 1.54) is 0 Å². The van der Waals surface area contributed by atoms with Crippen LogP contribution in [0, 0.1) is 0 Å². The Balaban J connectivity index is 1.41. The second-order valence-corrected chi connectivity index (χ2v) is 7.16. The van der Waals surface area contributed by atoms with Crippen molar-refractivity contribution in [3.05, 3.63) is 60.0 Å². The van der Waals surface area contributed by atoms with Gasteiger partial charge < -0.3 is 10.1 Å². The highest BCUT2D eigenvalue weighted by molar-refractivity contribution is 7.99. The zero-order valence-corrected chi connectivity index (χ0v) is 15.3. The number of carbonyl (C=O) groups excluding carboxylic acids is 1. The van der Waals surface area contributed by atoms with Gasteiger partial charge in [-0.15, -0.1) is 5.10 Å². The number of ether oxygens (including phenoxy) is 1. The fourth-order valence-corrected chi connectivity index (χ4v) is 3.83. The fraction of sp³-hybridized carbons (Fsp3) is 0.278. The summed E-state index contributed by atoms with van der Waals surface area (Å²) < 4.78 is 7.44. The number of tetrazole rings is 1. The van der Waals surface area contributed by atoms with Gasteiger partial charge in [-0.05, 0) is 40.8 Å². The third kappa shape index (κ3) is 4.25. The maximum absolute atomic E-state index is 12.5. The van der Waals surface area contributed by atoms with Crippen molar-refractivity contribution in [2.45, 2.75) is 19.1 Å². The molecule has 138 valence electrons. The quantitative estimate of drug-likeness (QED) is 0.695. The number of pyridine rings is 1. The highest BCUT2D eigenvalue weighted by Gasteiger charge is 2.18. The van der Waals surface area contributed by atoms with Crippen molar-refractivity contribution in [3.63, 3.8) is 0 Å². The highest BCUT2D eigenvalue weighted by atomic mass is 32.2. The molecule has 0 radical (unpaired) electrons. The molecular weight excluding hydrogens is 364 g/mol. The topological polar surface area (TPSA) is 94.8 Å². The molecule has 8 nitrogen and oxygen atoms in total. The van der Waals surface area contributed by atoms with E-state index in [4.69, 9.17) is 4.74 Å². The number of nitrogens with one attached hydrogen (secondary N) is 1. The lowest BCUT2D eigenvalue weighted by molar-refractivity contribution is 0.0948. The first-order chi connectivity index (χ1) is 13.3. The van der Waals surface area contributed by atoms with Crippen LogP contribution in [0.15, 0.2) is 48.7 Å². The van der Waals surface area contributed by atoms with Crippen molar-refractivity contribution in [2.75, 3.05) is 11.5 Å². The summed E-state index contributed by atoms with van der Waals surface area (Å²) in [7, 11) is 0. The van der Waals surface area contributed by atoms with E-state index in [1.54, 1.807) is 23.0 Å². The van der Waals surface area contributed by atoms with Gasteiger partial charge in [0.1, 0.15) is 6.10 Å². The maximum Gasteiger partial charge on any atom is 0.251 e. The van der Waals surface area contributed by atoms with Crippen LogP contribution in [0.3, 0.4) is 0 Å². The van der Waals surface area contributed by atoms with Crippen molar-refractivity contribution in [1.29, 1.82) is 0 Å². The molecule has 4 rings (SSSR count). The molecule has 0 saturated carbocycles. The summed E-state index contributed by atoms with van der Waals surface area (Å²) in [4.78, 5) is 16.7. The molecule has 0 spiro atoms. The zero-order chi connectivity index (χ0) is 18.5. The first-order valence-corrected chi connectivity index (χ1v) is 9.76. The van der Waals surface area contributed by atoms with Gasteiger partial charge in [0.2, 0.25) is 5.88 Å². The smallest absolute Gasteiger partial charge is 0.251 e. The normalized spacial score (nSPS) is 16.2. The molecule has 3 heterocycles. The van der Waals surface area contributed by atoms with Gasteiger partial charge in [-0.3, -0.25) is 4.79 Å². The number of benzene rings is 1. The summed E-state index contributed by atoms with van der Waals surface area (Å²) in [5.41, 5.74) is 1.32. The van der Waals surface area contributed by atoms with E-state index in [0.717, 1.165) is 23.6 Å². The van der Waals surface area contributed by atoms with Crippen LogP contribution in [0.2, 0.25) is 0 Å². The van der Waals surface area contributed by atoms with Crippen molar-refractivity contribution >= 4 is 17.7 Å². The molecular formula is C18H18N6O2S. The molecule has 27 heavy (non-hydrogen) atoms. The van der Waals surface area contributed by atoms with Crippen LogP contribution < -0.4 is 10.1 Å². The SMILES string of the molecule is O=C(NCc1nnnn1-c1ccccc1)c1ccnc(O[C@@H]2CCSC2)c1. The average Bonchev–Trinajstić information content (AvgIpc) is 3.39. The van der Waals surface area contributed by atoms with Crippen LogP contribution in [0.4, 0.5) is 0 Å². The summed E-state index contributed by atoms with van der Waals surface area (Å²) in [6.45, 7) is 0.207. The molecule has 1 aromatic carbocycles. The second kappa shape index (κ2) is 8.17. The van der Waals surface area contributed by atoms with Gasteiger partial charge in [0, 0.05) is 23.6 Å². The van der Waals surface area contributed by atoms with Gasteiger partial charge in [-0.25, -0.2) is 4.98 Å². The fourth-order valence-electron chi connectivity index (χ4n) is 2.74. The van der Waals surface area contributed by atoms with Crippen LogP contribution in [-0.4, -0.2) is 48.7 Å². The largest absolute Gasteiger partial charge is 0.473 e. The molecule has 1 atom stereocenters. The Morgan fingerprint density at radius 1 is 1.30 bits per heavy atom. The molecule has 1 aliphatic rings.